The van der Waals surface area contributed by atoms with Gasteiger partial charge in [-0.1, -0.05) is 51.6 Å². The molecule has 1 amide bonds. The number of aryl methyl sites for hydroxylation is 1. The third-order valence-electron chi connectivity index (χ3n) is 8.98. The molecule has 1 unspecified atom stereocenters. The van der Waals surface area contributed by atoms with E-state index in [4.69, 9.17) is 14.7 Å². The first-order chi connectivity index (χ1) is 25.5. The number of amides is 1. The minimum absolute atomic E-state index is 0.00274. The fourth-order valence-corrected chi connectivity index (χ4v) is 9.07. The number of piperidine rings is 1. The van der Waals surface area contributed by atoms with Gasteiger partial charge in [-0.25, -0.2) is 32.7 Å². The molecule has 284 valence electrons. The Kier molecular flexibility index (Phi) is 12.3. The molecular weight excluding hydrogens is 727 g/mol. The first-order valence-corrected chi connectivity index (χ1v) is 20.2. The van der Waals surface area contributed by atoms with Gasteiger partial charge in [-0.15, -0.1) is 11.3 Å². The van der Waals surface area contributed by atoms with E-state index in [1.54, 1.807) is 67.3 Å². The first kappa shape index (κ1) is 40.2. The Balaban J connectivity index is 1.36. The molecule has 1 atom stereocenters. The van der Waals surface area contributed by atoms with Crippen LogP contribution in [0.2, 0.25) is 0 Å². The average Bonchev–Trinajstić information content (AvgIpc) is 3.57. The van der Waals surface area contributed by atoms with Crippen molar-refractivity contribution in [3.63, 3.8) is 0 Å². The first-order valence-electron chi connectivity index (χ1n) is 17.7. The molecular formula is C40H46F2N8O2S2. The van der Waals surface area contributed by atoms with Gasteiger partial charge >= 0.3 is 0 Å². The van der Waals surface area contributed by atoms with E-state index in [2.05, 4.69) is 16.9 Å². The summed E-state index contributed by atoms with van der Waals surface area (Å²) in [5, 5.41) is 13.7. The molecule has 0 radical (unpaired) electrons. The van der Waals surface area contributed by atoms with Gasteiger partial charge in [0.25, 0.3) is 5.91 Å². The maximum absolute atomic E-state index is 16.4. The number of nitrogens with one attached hydrogen (secondary N) is 2. The third-order valence-corrected chi connectivity index (χ3v) is 12.4. The van der Waals surface area contributed by atoms with E-state index < -0.39 is 21.4 Å². The van der Waals surface area contributed by atoms with Crippen molar-refractivity contribution in [1.29, 1.82) is 10.0 Å². The highest BCUT2D eigenvalue weighted by Crippen LogP contribution is 2.41. The van der Waals surface area contributed by atoms with E-state index in [-0.39, 0.29) is 46.4 Å². The zero-order valence-corrected chi connectivity index (χ0v) is 33.1. The SMILES string of the molecule is C=C(C)c1cccc(F)c1S(=N)(=O)CCCc1cccc(-c2nc(C(C)(C)C)sc2-c2ccnc(NC3CCN(C(=O)/C(C#N)=C/N(C)C)CC3)n2)c1F. The molecule has 1 aliphatic heterocycles. The summed E-state index contributed by atoms with van der Waals surface area (Å²) in [7, 11) is 0.0107. The number of likely N-dealkylation sites (tertiary alicyclic amines) is 1. The number of nitrogens with zero attached hydrogens (tertiary/aromatic N) is 6. The molecule has 0 bridgehead atoms. The van der Waals surface area contributed by atoms with Crippen LogP contribution in [0.1, 0.15) is 63.1 Å². The number of carbonyl (C=O) groups is 1. The number of hydrogen-bond acceptors (Lipinski definition) is 10. The zero-order chi connectivity index (χ0) is 39.4. The fraction of sp³-hybridized carbons (Fsp3) is 0.375. The van der Waals surface area contributed by atoms with E-state index in [0.717, 1.165) is 5.01 Å². The normalized spacial score (nSPS) is 15.0. The van der Waals surface area contributed by atoms with Crippen LogP contribution in [0.5, 0.6) is 0 Å². The second-order valence-electron chi connectivity index (χ2n) is 14.7. The largest absolute Gasteiger partial charge is 0.382 e. The summed E-state index contributed by atoms with van der Waals surface area (Å²) in [5.41, 5.74) is 2.33. The Bertz CT molecular complexity index is 2230. The Hall–Kier alpha value is -5.00. The van der Waals surface area contributed by atoms with Crippen LogP contribution in [0.25, 0.3) is 27.4 Å². The number of allylic oxidation sites excluding steroid dienone is 1. The molecule has 1 saturated heterocycles. The van der Waals surface area contributed by atoms with Gasteiger partial charge in [0, 0.05) is 62.4 Å². The van der Waals surface area contributed by atoms with Crippen molar-refractivity contribution in [2.75, 3.05) is 38.3 Å². The molecule has 4 aromatic rings. The lowest BCUT2D eigenvalue weighted by Gasteiger charge is -2.32. The van der Waals surface area contributed by atoms with Crippen molar-refractivity contribution in [1.82, 2.24) is 24.8 Å². The molecule has 54 heavy (non-hydrogen) atoms. The van der Waals surface area contributed by atoms with Crippen LogP contribution in [0.3, 0.4) is 0 Å². The van der Waals surface area contributed by atoms with Gasteiger partial charge in [-0.2, -0.15) is 5.26 Å². The van der Waals surface area contributed by atoms with Crippen LogP contribution in [0, 0.1) is 27.7 Å². The second kappa shape index (κ2) is 16.6. The number of benzene rings is 2. The minimum Gasteiger partial charge on any atom is -0.382 e. The van der Waals surface area contributed by atoms with Crippen LogP contribution in [0.4, 0.5) is 14.7 Å². The Morgan fingerprint density at radius 3 is 2.52 bits per heavy atom. The predicted octanol–water partition coefficient (Wildman–Crippen LogP) is 8.29. The molecule has 14 heteroatoms. The second-order valence-corrected chi connectivity index (χ2v) is 17.9. The van der Waals surface area contributed by atoms with Crippen LogP contribution < -0.4 is 5.32 Å². The maximum Gasteiger partial charge on any atom is 0.266 e. The summed E-state index contributed by atoms with van der Waals surface area (Å²) in [6.07, 6.45) is 4.85. The fourth-order valence-electron chi connectivity index (χ4n) is 6.23. The van der Waals surface area contributed by atoms with Gasteiger partial charge in [0.05, 0.1) is 35.9 Å². The van der Waals surface area contributed by atoms with E-state index in [9.17, 15) is 18.7 Å². The minimum atomic E-state index is -3.52. The van der Waals surface area contributed by atoms with Crippen molar-refractivity contribution in [2.45, 2.75) is 69.7 Å². The van der Waals surface area contributed by atoms with Gasteiger partial charge in [-0.05, 0) is 67.5 Å². The standard InChI is InChI=1S/C40H46F2N8O2S2/c1-25(2)29-13-9-15-31(41)36(29)54(44,52)22-10-12-26-11-8-14-30(33(26)42)34-35(53-38(48-34)40(3,4)5)32-16-19-45-39(47-32)46-28-17-20-50(21-18-28)37(51)27(23-43)24-49(6)7/h8-9,11,13-16,19,24,28,44H,1,10,12,17-18,20-22H2,2-7H3,(H,45,46,47)/b27-24+. The van der Waals surface area contributed by atoms with Gasteiger partial charge in [0.2, 0.25) is 5.95 Å². The van der Waals surface area contributed by atoms with E-state index in [0.29, 0.717) is 70.4 Å². The molecule has 0 saturated carbocycles. The maximum atomic E-state index is 16.4. The van der Waals surface area contributed by atoms with E-state index in [1.165, 1.54) is 29.7 Å². The number of halogens is 2. The van der Waals surface area contributed by atoms with Crippen molar-refractivity contribution in [2.24, 2.45) is 0 Å². The number of nitriles is 1. The quantitative estimate of drug-likeness (QED) is 0.108. The predicted molar refractivity (Wildman–Crippen MR) is 211 cm³/mol. The number of hydrogen-bond donors (Lipinski definition) is 2. The number of carbonyl (C=O) groups excluding carboxylic acids is 1. The number of rotatable bonds is 12. The Morgan fingerprint density at radius 2 is 1.87 bits per heavy atom. The Labute approximate surface area is 320 Å². The molecule has 3 heterocycles. The lowest BCUT2D eigenvalue weighted by Crippen LogP contribution is -2.43. The highest BCUT2D eigenvalue weighted by Gasteiger charge is 2.28. The Morgan fingerprint density at radius 1 is 1.17 bits per heavy atom. The lowest BCUT2D eigenvalue weighted by molar-refractivity contribution is -0.127. The monoisotopic (exact) mass is 772 g/mol. The van der Waals surface area contributed by atoms with Crippen molar-refractivity contribution >= 4 is 38.5 Å². The smallest absolute Gasteiger partial charge is 0.266 e. The van der Waals surface area contributed by atoms with E-state index >= 15 is 4.39 Å². The molecule has 2 aromatic carbocycles. The number of anilines is 1. The molecule has 5 rings (SSSR count). The summed E-state index contributed by atoms with van der Waals surface area (Å²) >= 11 is 1.44. The van der Waals surface area contributed by atoms with Crippen LogP contribution >= 0.6 is 11.3 Å². The summed E-state index contributed by atoms with van der Waals surface area (Å²) < 4.78 is 53.3. The lowest BCUT2D eigenvalue weighted by atomic mass is 9.98. The summed E-state index contributed by atoms with van der Waals surface area (Å²) in [6.45, 7) is 12.6. The third kappa shape index (κ3) is 9.19. The molecule has 1 fully saturated rings. The van der Waals surface area contributed by atoms with Crippen LogP contribution in [-0.4, -0.2) is 73.8 Å². The topological polar surface area (TPSA) is 139 Å². The number of aromatic nitrogens is 3. The molecule has 1 aliphatic rings. The van der Waals surface area contributed by atoms with Gasteiger partial charge in [-0.3, -0.25) is 4.79 Å². The summed E-state index contributed by atoms with van der Waals surface area (Å²) in [4.78, 5) is 31.0. The van der Waals surface area contributed by atoms with Crippen LogP contribution in [0.15, 0.2) is 71.9 Å². The van der Waals surface area contributed by atoms with Gasteiger partial charge in [0.1, 0.15) is 23.3 Å². The van der Waals surface area contributed by atoms with Crippen molar-refractivity contribution in [3.8, 4) is 27.9 Å². The van der Waals surface area contributed by atoms with Gasteiger partial charge in [0.15, 0.2) is 0 Å². The molecule has 2 N–H and O–H groups in total. The summed E-state index contributed by atoms with van der Waals surface area (Å²) in [6, 6.07) is 13.2. The average molecular weight is 773 g/mol. The molecule has 10 nitrogen and oxygen atoms in total. The number of thiazole rings is 1. The van der Waals surface area contributed by atoms with Gasteiger partial charge < -0.3 is 15.1 Å². The zero-order valence-electron chi connectivity index (χ0n) is 31.5. The van der Waals surface area contributed by atoms with Crippen molar-refractivity contribution in [3.05, 3.63) is 94.8 Å². The highest BCUT2D eigenvalue weighted by molar-refractivity contribution is 7.92. The van der Waals surface area contributed by atoms with Crippen molar-refractivity contribution < 1.29 is 17.8 Å². The molecule has 0 aliphatic carbocycles. The summed E-state index contributed by atoms with van der Waals surface area (Å²) in [5.74, 6) is -1.21. The molecule has 0 spiro atoms. The van der Waals surface area contributed by atoms with E-state index in [1.807, 2.05) is 26.8 Å². The molecule has 2 aromatic heterocycles. The van der Waals surface area contributed by atoms with Crippen LogP contribution in [-0.2, 0) is 26.4 Å². The highest BCUT2D eigenvalue weighted by atomic mass is 32.2.